The van der Waals surface area contributed by atoms with Gasteiger partial charge >= 0.3 is 5.97 Å². The van der Waals surface area contributed by atoms with Crippen LogP contribution in [0.25, 0.3) is 0 Å². The molecule has 0 radical (unpaired) electrons. The third-order valence-corrected chi connectivity index (χ3v) is 4.12. The maximum atomic E-state index is 12.4. The first-order chi connectivity index (χ1) is 13.5. The number of ether oxygens (including phenoxy) is 2. The summed E-state index contributed by atoms with van der Waals surface area (Å²) in [5, 5.41) is 5.51. The lowest BCUT2D eigenvalue weighted by Gasteiger charge is -2.09. The molecule has 0 saturated heterocycles. The van der Waals surface area contributed by atoms with Gasteiger partial charge in [-0.05, 0) is 48.0 Å². The second-order valence-corrected chi connectivity index (χ2v) is 6.14. The monoisotopic (exact) mass is 380 g/mol. The lowest BCUT2D eigenvalue weighted by Crippen LogP contribution is -2.15. The summed E-state index contributed by atoms with van der Waals surface area (Å²) in [6.45, 7) is 0.519. The normalized spacial score (nSPS) is 12.5. The first-order valence-corrected chi connectivity index (χ1v) is 8.76. The minimum absolute atomic E-state index is 0.180. The van der Waals surface area contributed by atoms with Gasteiger partial charge in [0.25, 0.3) is 11.8 Å². The first kappa shape index (κ1) is 19.2. The summed E-state index contributed by atoms with van der Waals surface area (Å²) in [7, 11) is 1.34. The van der Waals surface area contributed by atoms with E-state index in [1.54, 1.807) is 54.6 Å². The molecular formula is C21H20N2O5. The van der Waals surface area contributed by atoms with Crippen LogP contribution < -0.4 is 10.6 Å². The third-order valence-electron chi connectivity index (χ3n) is 4.12. The van der Waals surface area contributed by atoms with Crippen molar-refractivity contribution >= 4 is 29.2 Å². The largest absolute Gasteiger partial charge is 0.488 e. The van der Waals surface area contributed by atoms with Gasteiger partial charge in [0.2, 0.25) is 0 Å². The Labute approximate surface area is 162 Å². The number of carbonyl (C=O) groups is 3. The summed E-state index contributed by atoms with van der Waals surface area (Å²) in [6, 6.07) is 13.5. The Hall–Kier alpha value is -3.61. The summed E-state index contributed by atoms with van der Waals surface area (Å²) in [6.07, 6.45) is 2.65. The van der Waals surface area contributed by atoms with Gasteiger partial charge in [-0.1, -0.05) is 12.1 Å². The van der Waals surface area contributed by atoms with E-state index in [9.17, 15) is 14.4 Å². The predicted molar refractivity (Wildman–Crippen MR) is 104 cm³/mol. The predicted octanol–water partition coefficient (Wildman–Crippen LogP) is 2.90. The van der Waals surface area contributed by atoms with E-state index in [0.717, 1.165) is 12.0 Å². The molecule has 2 aromatic rings. The molecule has 3 rings (SSSR count). The number of carbonyl (C=O) groups excluding carboxylic acids is 3. The number of amides is 2. The average Bonchev–Trinajstić information content (AvgIpc) is 3.25. The van der Waals surface area contributed by atoms with Crippen LogP contribution in [0.2, 0.25) is 0 Å². The Morgan fingerprint density at radius 3 is 2.11 bits per heavy atom. The molecule has 7 heteroatoms. The number of esters is 1. The molecule has 2 amide bonds. The molecule has 1 aliphatic heterocycles. The molecule has 144 valence electrons. The zero-order chi connectivity index (χ0) is 19.9. The maximum absolute atomic E-state index is 12.4. The van der Waals surface area contributed by atoms with E-state index in [2.05, 4.69) is 15.4 Å². The highest BCUT2D eigenvalue weighted by Gasteiger charge is 2.15. The summed E-state index contributed by atoms with van der Waals surface area (Å²) in [4.78, 5) is 35.6. The lowest BCUT2D eigenvalue weighted by molar-refractivity contribution is -0.139. The molecular weight excluding hydrogens is 360 g/mol. The van der Waals surface area contributed by atoms with Gasteiger partial charge in [-0.15, -0.1) is 0 Å². The minimum Gasteiger partial charge on any atom is -0.488 e. The van der Waals surface area contributed by atoms with Crippen molar-refractivity contribution in [3.63, 3.8) is 0 Å². The molecule has 2 N–H and O–H groups in total. The van der Waals surface area contributed by atoms with Gasteiger partial charge in [-0.3, -0.25) is 14.4 Å². The van der Waals surface area contributed by atoms with Gasteiger partial charge in [0, 0.05) is 23.4 Å². The van der Waals surface area contributed by atoms with Crippen LogP contribution in [0.4, 0.5) is 11.4 Å². The summed E-state index contributed by atoms with van der Waals surface area (Å²) in [5.74, 6) is -0.584. The Bertz CT molecular complexity index is 901. The molecule has 0 spiro atoms. The molecule has 1 heterocycles. The van der Waals surface area contributed by atoms with E-state index in [4.69, 9.17) is 4.74 Å². The van der Waals surface area contributed by atoms with Gasteiger partial charge in [0.1, 0.15) is 0 Å². The molecule has 2 aromatic carbocycles. The first-order valence-electron chi connectivity index (χ1n) is 8.76. The number of rotatable bonds is 6. The van der Waals surface area contributed by atoms with Crippen molar-refractivity contribution in [3.05, 3.63) is 71.5 Å². The van der Waals surface area contributed by atoms with E-state index in [1.807, 2.05) is 0 Å². The van der Waals surface area contributed by atoms with Crippen molar-refractivity contribution in [2.75, 3.05) is 24.4 Å². The molecule has 0 aliphatic carbocycles. The van der Waals surface area contributed by atoms with Crippen molar-refractivity contribution in [1.82, 2.24) is 0 Å². The topological polar surface area (TPSA) is 93.7 Å². The van der Waals surface area contributed by atoms with Crippen LogP contribution in [-0.2, 0) is 25.5 Å². The highest BCUT2D eigenvalue weighted by atomic mass is 16.5. The number of hydrogen-bond donors (Lipinski definition) is 2. The van der Waals surface area contributed by atoms with Gasteiger partial charge in [-0.25, -0.2) is 0 Å². The second-order valence-electron chi connectivity index (χ2n) is 6.14. The smallest absolute Gasteiger partial charge is 0.309 e. The van der Waals surface area contributed by atoms with Crippen molar-refractivity contribution in [3.8, 4) is 0 Å². The molecule has 0 fully saturated rings. The van der Waals surface area contributed by atoms with Crippen molar-refractivity contribution in [1.29, 1.82) is 0 Å². The van der Waals surface area contributed by atoms with Crippen LogP contribution in [0.5, 0.6) is 0 Å². The molecule has 0 saturated carbocycles. The Morgan fingerprint density at radius 2 is 1.54 bits per heavy atom. The fourth-order valence-electron chi connectivity index (χ4n) is 2.62. The standard InChI is InChI=1S/C21H20N2O5/c1-27-19(24)13-14-4-8-16(9-5-14)22-20(25)15-6-10-17(11-7-15)23-21(26)18-3-2-12-28-18/h3-11H,2,12-13H2,1H3,(H,22,25)(H,23,26). The average molecular weight is 380 g/mol. The van der Waals surface area contributed by atoms with Crippen LogP contribution in [0.1, 0.15) is 22.3 Å². The Morgan fingerprint density at radius 1 is 0.929 bits per heavy atom. The second kappa shape index (κ2) is 8.85. The van der Waals surface area contributed by atoms with E-state index in [1.165, 1.54) is 7.11 Å². The number of anilines is 2. The summed E-state index contributed by atoms with van der Waals surface area (Å²) in [5.41, 5.74) is 2.44. The number of methoxy groups -OCH3 is 1. The quantitative estimate of drug-likeness (QED) is 0.752. The Kier molecular flexibility index (Phi) is 6.06. The van der Waals surface area contributed by atoms with Crippen LogP contribution in [0.3, 0.4) is 0 Å². The number of benzene rings is 2. The van der Waals surface area contributed by atoms with Crippen LogP contribution >= 0.6 is 0 Å². The van der Waals surface area contributed by atoms with Crippen LogP contribution in [0, 0.1) is 0 Å². The fraction of sp³-hybridized carbons (Fsp3) is 0.190. The summed E-state index contributed by atoms with van der Waals surface area (Å²) >= 11 is 0. The lowest BCUT2D eigenvalue weighted by atomic mass is 10.1. The van der Waals surface area contributed by atoms with Crippen molar-refractivity contribution < 1.29 is 23.9 Å². The fourth-order valence-corrected chi connectivity index (χ4v) is 2.62. The summed E-state index contributed by atoms with van der Waals surface area (Å²) < 4.78 is 9.83. The molecule has 0 atom stereocenters. The Balaban J connectivity index is 1.57. The number of nitrogens with one attached hydrogen (secondary N) is 2. The molecule has 0 aromatic heterocycles. The molecule has 28 heavy (non-hydrogen) atoms. The SMILES string of the molecule is COC(=O)Cc1ccc(NC(=O)c2ccc(NC(=O)C3=CCCO3)cc2)cc1. The maximum Gasteiger partial charge on any atom is 0.309 e. The van der Waals surface area contributed by atoms with Crippen LogP contribution in [-0.4, -0.2) is 31.5 Å². The van der Waals surface area contributed by atoms with Gasteiger partial charge in [0.05, 0.1) is 20.1 Å². The zero-order valence-corrected chi connectivity index (χ0v) is 15.4. The van der Waals surface area contributed by atoms with Crippen LogP contribution in [0.15, 0.2) is 60.4 Å². The van der Waals surface area contributed by atoms with E-state index in [0.29, 0.717) is 29.3 Å². The third kappa shape index (κ3) is 4.97. The van der Waals surface area contributed by atoms with E-state index >= 15 is 0 Å². The molecule has 7 nitrogen and oxygen atoms in total. The van der Waals surface area contributed by atoms with Gasteiger partial charge < -0.3 is 20.1 Å². The van der Waals surface area contributed by atoms with Crippen molar-refractivity contribution in [2.45, 2.75) is 12.8 Å². The highest BCUT2D eigenvalue weighted by molar-refractivity contribution is 6.05. The van der Waals surface area contributed by atoms with E-state index < -0.39 is 0 Å². The molecule has 0 unspecified atom stereocenters. The van der Waals surface area contributed by atoms with Gasteiger partial charge in [0.15, 0.2) is 5.76 Å². The zero-order valence-electron chi connectivity index (χ0n) is 15.4. The van der Waals surface area contributed by atoms with E-state index in [-0.39, 0.29) is 24.2 Å². The van der Waals surface area contributed by atoms with Crippen molar-refractivity contribution in [2.24, 2.45) is 0 Å². The molecule has 1 aliphatic rings. The highest BCUT2D eigenvalue weighted by Crippen LogP contribution is 2.16. The van der Waals surface area contributed by atoms with Gasteiger partial charge in [-0.2, -0.15) is 0 Å². The number of hydrogen-bond acceptors (Lipinski definition) is 5. The molecule has 0 bridgehead atoms. The minimum atomic E-state index is -0.320.